The fraction of sp³-hybridized carbons (Fsp3) is 0.759. The average Bonchev–Trinajstić information content (AvgIpc) is 3.46. The van der Waals surface area contributed by atoms with E-state index in [1.165, 1.54) is 64.0 Å². The molecule has 0 bridgehead atoms. The number of unbranched alkanes of at least 4 members (excludes halogenated alkanes) is 9. The Morgan fingerprint density at radius 1 is 0.929 bits per heavy atom. The minimum atomic E-state index is -1.46. The second-order valence-electron chi connectivity index (χ2n) is 11.6. The molecule has 2 amide bonds. The Kier molecular flexibility index (Phi) is 14.4. The summed E-state index contributed by atoms with van der Waals surface area (Å²) in [6.45, 7) is 3.74. The highest BCUT2D eigenvalue weighted by molar-refractivity contribution is 5.85. The van der Waals surface area contributed by atoms with Gasteiger partial charge in [-0.2, -0.15) is 0 Å². The summed E-state index contributed by atoms with van der Waals surface area (Å²) in [4.78, 5) is 39.8. The number of carbonyl (C=O) groups excluding carboxylic acids is 2. The zero-order chi connectivity index (χ0) is 30.3. The predicted octanol–water partition coefficient (Wildman–Crippen LogP) is 2.14. The van der Waals surface area contributed by atoms with E-state index in [0.29, 0.717) is 23.4 Å². The largest absolute Gasteiger partial charge is 0.394 e. The van der Waals surface area contributed by atoms with Gasteiger partial charge in [-0.15, -0.1) is 0 Å². The molecule has 2 aromatic rings. The van der Waals surface area contributed by atoms with Gasteiger partial charge in [0.25, 0.3) is 0 Å². The molecule has 0 aromatic carbocycles. The van der Waals surface area contributed by atoms with Crippen molar-refractivity contribution in [3.8, 4) is 0 Å². The molecule has 13 nitrogen and oxygen atoms in total. The van der Waals surface area contributed by atoms with Gasteiger partial charge in [-0.1, -0.05) is 78.1 Å². The van der Waals surface area contributed by atoms with Crippen molar-refractivity contribution in [2.24, 2.45) is 5.92 Å². The van der Waals surface area contributed by atoms with Crippen LogP contribution in [0.25, 0.3) is 11.2 Å². The van der Waals surface area contributed by atoms with Gasteiger partial charge in [0.2, 0.25) is 11.8 Å². The molecule has 236 valence electrons. The molecule has 13 heteroatoms. The van der Waals surface area contributed by atoms with Gasteiger partial charge in [0.1, 0.15) is 30.2 Å². The fourth-order valence-corrected chi connectivity index (χ4v) is 5.18. The number of amides is 2. The molecular weight excluding hydrogens is 542 g/mol. The van der Waals surface area contributed by atoms with Crippen LogP contribution in [-0.4, -0.2) is 90.8 Å². The minimum absolute atomic E-state index is 0.218. The van der Waals surface area contributed by atoms with Crippen LogP contribution >= 0.6 is 0 Å². The van der Waals surface area contributed by atoms with Crippen LogP contribution in [0.5, 0.6) is 0 Å². The summed E-state index contributed by atoms with van der Waals surface area (Å²) in [5.74, 6) is 0.310. The number of ether oxygens (including phenoxy) is 1. The van der Waals surface area contributed by atoms with E-state index in [2.05, 4.69) is 49.7 Å². The number of aliphatic hydroxyl groups is 3. The third-order valence-corrected chi connectivity index (χ3v) is 7.64. The summed E-state index contributed by atoms with van der Waals surface area (Å²) in [5.41, 5.74) is 0.880. The Hall–Kier alpha value is -2.87. The van der Waals surface area contributed by atoms with Crippen LogP contribution in [0.1, 0.15) is 90.9 Å². The molecule has 1 aliphatic heterocycles. The van der Waals surface area contributed by atoms with Crippen LogP contribution in [0.2, 0.25) is 0 Å². The normalized spacial score (nSPS) is 22.4. The van der Waals surface area contributed by atoms with Crippen LogP contribution in [0.4, 0.5) is 5.82 Å². The molecule has 2 aromatic heterocycles. The number of hydrogen-bond acceptors (Lipinski definition) is 10. The smallest absolute Gasteiger partial charge is 0.239 e. The zero-order valence-corrected chi connectivity index (χ0v) is 24.9. The van der Waals surface area contributed by atoms with Crippen molar-refractivity contribution < 1.29 is 29.6 Å². The number of aromatic amines is 1. The predicted molar refractivity (Wildman–Crippen MR) is 158 cm³/mol. The van der Waals surface area contributed by atoms with E-state index in [0.717, 1.165) is 25.2 Å². The Balaban J connectivity index is 1.29. The second kappa shape index (κ2) is 17.9. The summed E-state index contributed by atoms with van der Waals surface area (Å²) in [5, 5.41) is 39.3. The first kappa shape index (κ1) is 33.6. The van der Waals surface area contributed by atoms with Gasteiger partial charge in [-0.25, -0.2) is 15.0 Å². The van der Waals surface area contributed by atoms with E-state index in [4.69, 9.17) is 4.74 Å². The van der Waals surface area contributed by atoms with Crippen molar-refractivity contribution in [2.75, 3.05) is 18.5 Å². The summed E-state index contributed by atoms with van der Waals surface area (Å²) >= 11 is 0. The van der Waals surface area contributed by atoms with Gasteiger partial charge in [0, 0.05) is 6.42 Å². The number of hydrogen-bond donors (Lipinski definition) is 7. The van der Waals surface area contributed by atoms with Gasteiger partial charge in [-0.3, -0.25) is 9.59 Å². The summed E-state index contributed by atoms with van der Waals surface area (Å²) in [6, 6.07) is -1.09. The van der Waals surface area contributed by atoms with Crippen LogP contribution < -0.4 is 16.0 Å². The van der Waals surface area contributed by atoms with Crippen LogP contribution in [0.3, 0.4) is 0 Å². The molecule has 3 heterocycles. The van der Waals surface area contributed by atoms with Crippen molar-refractivity contribution in [1.29, 1.82) is 0 Å². The molecule has 1 saturated heterocycles. The third kappa shape index (κ3) is 10.8. The number of nitrogens with zero attached hydrogens (tertiary/aromatic N) is 3. The lowest BCUT2D eigenvalue weighted by Gasteiger charge is -2.42. The molecule has 5 atom stereocenters. The topological polar surface area (TPSA) is 195 Å². The lowest BCUT2D eigenvalue weighted by atomic mass is 9.95. The van der Waals surface area contributed by atoms with Gasteiger partial charge in [-0.05, 0) is 12.3 Å². The van der Waals surface area contributed by atoms with E-state index in [-0.39, 0.29) is 12.5 Å². The van der Waals surface area contributed by atoms with E-state index in [1.807, 2.05) is 0 Å². The molecule has 5 unspecified atom stereocenters. The van der Waals surface area contributed by atoms with Crippen LogP contribution in [-0.2, 0) is 14.3 Å². The second-order valence-corrected chi connectivity index (χ2v) is 11.6. The molecule has 1 fully saturated rings. The maximum atomic E-state index is 12.5. The first-order chi connectivity index (χ1) is 20.3. The molecule has 0 spiro atoms. The number of nitrogens with one attached hydrogen (secondary N) is 4. The van der Waals surface area contributed by atoms with Crippen LogP contribution in [0.15, 0.2) is 12.7 Å². The SMILES string of the molecule is CC(C)CCCCCCCCCCCCC(=O)NCC(=O)NC1C(CO)OC(Nc2ncnc3nc[nH]c23)C(O)C1O. The average molecular weight is 592 g/mol. The van der Waals surface area contributed by atoms with Gasteiger partial charge >= 0.3 is 0 Å². The summed E-state index contributed by atoms with van der Waals surface area (Å²) < 4.78 is 5.75. The zero-order valence-electron chi connectivity index (χ0n) is 24.9. The van der Waals surface area contributed by atoms with Crippen molar-refractivity contribution in [3.63, 3.8) is 0 Å². The first-order valence-corrected chi connectivity index (χ1v) is 15.4. The molecule has 3 rings (SSSR count). The Morgan fingerprint density at radius 3 is 2.26 bits per heavy atom. The monoisotopic (exact) mass is 591 g/mol. The van der Waals surface area contributed by atoms with Crippen LogP contribution in [0, 0.1) is 5.92 Å². The quantitative estimate of drug-likeness (QED) is 0.119. The Bertz CT molecular complexity index is 1080. The highest BCUT2D eigenvalue weighted by Gasteiger charge is 2.45. The number of rotatable bonds is 19. The van der Waals surface area contributed by atoms with E-state index in [9.17, 15) is 24.9 Å². The van der Waals surface area contributed by atoms with Gasteiger partial charge in [0.15, 0.2) is 17.7 Å². The Labute approximate surface area is 247 Å². The number of carbonyl (C=O) groups is 2. The Morgan fingerprint density at radius 2 is 1.60 bits per heavy atom. The molecule has 42 heavy (non-hydrogen) atoms. The number of anilines is 1. The lowest BCUT2D eigenvalue weighted by molar-refractivity contribution is -0.185. The highest BCUT2D eigenvalue weighted by atomic mass is 16.5. The number of aromatic nitrogens is 4. The molecular formula is C29H49N7O6. The van der Waals surface area contributed by atoms with Crippen molar-refractivity contribution >= 4 is 28.8 Å². The highest BCUT2D eigenvalue weighted by Crippen LogP contribution is 2.24. The minimum Gasteiger partial charge on any atom is -0.394 e. The van der Waals surface area contributed by atoms with Crippen molar-refractivity contribution in [1.82, 2.24) is 30.6 Å². The molecule has 1 aliphatic rings. The number of H-pyrrole nitrogens is 1. The standard InChI is InChI=1S/C29H49N7O6/c1-19(2)13-11-9-7-5-3-4-6-8-10-12-14-21(38)30-15-22(39)35-23-20(16-37)42-29(26(41)25(23)40)36-28-24-27(32-17-31-24)33-18-34-28/h17-20,23,25-26,29,37,40-41H,3-16H2,1-2H3,(H,30,38)(H,35,39)(H2,31,32,33,34,36). The molecule has 0 aliphatic carbocycles. The van der Waals surface area contributed by atoms with Gasteiger partial charge < -0.3 is 41.0 Å². The van der Waals surface area contributed by atoms with E-state index >= 15 is 0 Å². The molecule has 0 radical (unpaired) electrons. The van der Waals surface area contributed by atoms with Crippen molar-refractivity contribution in [3.05, 3.63) is 12.7 Å². The van der Waals surface area contributed by atoms with E-state index in [1.54, 1.807) is 0 Å². The fourth-order valence-electron chi connectivity index (χ4n) is 5.18. The molecule has 7 N–H and O–H groups in total. The number of imidazole rings is 1. The third-order valence-electron chi connectivity index (χ3n) is 7.64. The number of fused-ring (bicyclic) bond motifs is 1. The molecule has 0 saturated carbocycles. The maximum Gasteiger partial charge on any atom is 0.239 e. The van der Waals surface area contributed by atoms with Crippen molar-refractivity contribution in [2.45, 2.75) is 121 Å². The summed E-state index contributed by atoms with van der Waals surface area (Å²) in [6.07, 6.45) is 11.2. The maximum absolute atomic E-state index is 12.5. The first-order valence-electron chi connectivity index (χ1n) is 15.4. The number of aliphatic hydroxyl groups excluding tert-OH is 3. The van der Waals surface area contributed by atoms with Gasteiger partial charge in [0.05, 0.1) is 25.5 Å². The lowest BCUT2D eigenvalue weighted by Crippen LogP contribution is -2.66. The van der Waals surface area contributed by atoms with E-state index < -0.39 is 43.1 Å². The summed E-state index contributed by atoms with van der Waals surface area (Å²) in [7, 11) is 0.